The third-order valence-electron chi connectivity index (χ3n) is 2.00. The minimum atomic E-state index is -3.72. The van der Waals surface area contributed by atoms with Crippen LogP contribution in [0.15, 0.2) is 17.3 Å². The lowest BCUT2D eigenvalue weighted by molar-refractivity contribution is -0.137. The van der Waals surface area contributed by atoms with Crippen LogP contribution in [0.2, 0.25) is 0 Å². The summed E-state index contributed by atoms with van der Waals surface area (Å²) in [6.07, 6.45) is 7.59. The van der Waals surface area contributed by atoms with Crippen LogP contribution in [0.3, 0.4) is 0 Å². The molecule has 0 bridgehead atoms. The molecule has 2 N–H and O–H groups in total. The second-order valence-corrected chi connectivity index (χ2v) is 5.41. The third-order valence-corrected chi connectivity index (χ3v) is 3.54. The van der Waals surface area contributed by atoms with Gasteiger partial charge in [-0.05, 0) is 6.92 Å². The molecule has 98 valence electrons. The second kappa shape index (κ2) is 5.66. The van der Waals surface area contributed by atoms with Gasteiger partial charge in [-0.3, -0.25) is 9.48 Å². The molecule has 0 aliphatic heterocycles. The Morgan fingerprint density at radius 2 is 2.39 bits per heavy atom. The molecule has 0 aromatic carbocycles. The van der Waals surface area contributed by atoms with Crippen molar-refractivity contribution in [3.63, 3.8) is 0 Å². The quantitative estimate of drug-likeness (QED) is 0.689. The van der Waals surface area contributed by atoms with Gasteiger partial charge in [-0.15, -0.1) is 12.3 Å². The van der Waals surface area contributed by atoms with Crippen molar-refractivity contribution in [1.29, 1.82) is 0 Å². The molecule has 0 radical (unpaired) electrons. The summed E-state index contributed by atoms with van der Waals surface area (Å²) in [6.45, 7) is 1.24. The molecule has 0 spiro atoms. The van der Waals surface area contributed by atoms with E-state index >= 15 is 0 Å². The molecule has 0 aliphatic carbocycles. The zero-order valence-electron chi connectivity index (χ0n) is 9.70. The highest BCUT2D eigenvalue weighted by Crippen LogP contribution is 2.08. The largest absolute Gasteiger partial charge is 0.480 e. The van der Waals surface area contributed by atoms with Crippen molar-refractivity contribution in [2.24, 2.45) is 0 Å². The van der Waals surface area contributed by atoms with Crippen LogP contribution in [0.1, 0.15) is 13.3 Å². The predicted octanol–water partition coefficient (Wildman–Crippen LogP) is -0.342. The summed E-state index contributed by atoms with van der Waals surface area (Å²) in [5, 5.41) is 12.2. The van der Waals surface area contributed by atoms with E-state index in [1.807, 2.05) is 0 Å². The smallest absolute Gasteiger partial charge is 0.325 e. The van der Waals surface area contributed by atoms with Gasteiger partial charge in [-0.25, -0.2) is 13.1 Å². The summed E-state index contributed by atoms with van der Waals surface area (Å²) in [5.74, 6) is 1.25. The van der Waals surface area contributed by atoms with Crippen LogP contribution in [0.25, 0.3) is 0 Å². The van der Waals surface area contributed by atoms with Crippen LogP contribution < -0.4 is 4.72 Å². The van der Waals surface area contributed by atoms with Crippen LogP contribution in [0.4, 0.5) is 0 Å². The molecular weight excluding hydrogens is 258 g/mol. The van der Waals surface area contributed by atoms with Crippen LogP contribution in [-0.2, 0) is 21.4 Å². The monoisotopic (exact) mass is 271 g/mol. The maximum Gasteiger partial charge on any atom is 0.325 e. The summed E-state index contributed by atoms with van der Waals surface area (Å²) in [4.78, 5) is 10.4. The number of carboxylic acid groups (broad SMARTS) is 1. The molecule has 1 unspecified atom stereocenters. The van der Waals surface area contributed by atoms with E-state index in [1.54, 1.807) is 6.92 Å². The van der Waals surface area contributed by atoms with Gasteiger partial charge in [-0.1, -0.05) is 0 Å². The molecule has 1 aromatic heterocycles. The first-order valence-electron chi connectivity index (χ1n) is 5.05. The van der Waals surface area contributed by atoms with E-state index in [1.165, 1.54) is 0 Å². The molecule has 1 rings (SSSR count). The van der Waals surface area contributed by atoms with Gasteiger partial charge in [-0.2, -0.15) is 5.10 Å². The summed E-state index contributed by atoms with van der Waals surface area (Å²) in [6, 6.07) is -0.400. The number of aromatic nitrogens is 2. The van der Waals surface area contributed by atoms with Crippen LogP contribution in [0, 0.1) is 12.3 Å². The highest BCUT2D eigenvalue weighted by Gasteiger charge is 2.19. The van der Waals surface area contributed by atoms with Gasteiger partial charge in [0.2, 0.25) is 10.0 Å². The lowest BCUT2D eigenvalue weighted by Gasteiger charge is -2.09. The van der Waals surface area contributed by atoms with Crippen molar-refractivity contribution in [3.05, 3.63) is 12.4 Å². The Morgan fingerprint density at radius 3 is 2.94 bits per heavy atom. The Labute approximate surface area is 105 Å². The van der Waals surface area contributed by atoms with Crippen LogP contribution in [-0.4, -0.2) is 35.3 Å². The molecule has 8 heteroatoms. The van der Waals surface area contributed by atoms with Crippen molar-refractivity contribution in [1.82, 2.24) is 14.5 Å². The van der Waals surface area contributed by atoms with E-state index in [4.69, 9.17) is 11.5 Å². The van der Waals surface area contributed by atoms with E-state index < -0.39 is 28.6 Å². The molecule has 0 saturated carbocycles. The maximum absolute atomic E-state index is 11.8. The lowest BCUT2D eigenvalue weighted by Crippen LogP contribution is -2.32. The van der Waals surface area contributed by atoms with Crippen LogP contribution in [0.5, 0.6) is 0 Å². The highest BCUT2D eigenvalue weighted by atomic mass is 32.2. The number of nitrogens with zero attached hydrogens (tertiary/aromatic N) is 2. The van der Waals surface area contributed by atoms with Gasteiger partial charge in [0.05, 0.1) is 6.20 Å². The minimum absolute atomic E-state index is 0.0902. The SMILES string of the molecule is C#CCC(C)NS(=O)(=O)c1cnn(CC(=O)O)c1. The van der Waals surface area contributed by atoms with E-state index in [-0.39, 0.29) is 11.3 Å². The molecule has 0 saturated heterocycles. The van der Waals surface area contributed by atoms with Crippen molar-refractivity contribution in [2.75, 3.05) is 0 Å². The zero-order valence-corrected chi connectivity index (χ0v) is 10.5. The van der Waals surface area contributed by atoms with E-state index in [2.05, 4.69) is 15.7 Å². The van der Waals surface area contributed by atoms with Gasteiger partial charge in [0, 0.05) is 18.7 Å². The fraction of sp³-hybridized carbons (Fsp3) is 0.400. The predicted molar refractivity (Wildman–Crippen MR) is 63.1 cm³/mol. The number of sulfonamides is 1. The number of terminal acetylenes is 1. The molecule has 0 aliphatic rings. The normalized spacial score (nSPS) is 12.9. The van der Waals surface area contributed by atoms with Gasteiger partial charge in [0.1, 0.15) is 11.4 Å². The first-order chi connectivity index (χ1) is 8.35. The Kier molecular flexibility index (Phi) is 4.47. The zero-order chi connectivity index (χ0) is 13.8. The summed E-state index contributed by atoms with van der Waals surface area (Å²) in [5.41, 5.74) is 0. The number of nitrogens with one attached hydrogen (secondary N) is 1. The van der Waals surface area contributed by atoms with E-state index in [0.717, 1.165) is 17.1 Å². The van der Waals surface area contributed by atoms with Crippen molar-refractivity contribution < 1.29 is 18.3 Å². The molecule has 7 nitrogen and oxygen atoms in total. The fourth-order valence-electron chi connectivity index (χ4n) is 1.26. The van der Waals surface area contributed by atoms with Crippen molar-refractivity contribution >= 4 is 16.0 Å². The Bertz CT molecular complexity index is 570. The number of aliphatic carboxylic acids is 1. The van der Waals surface area contributed by atoms with Gasteiger partial charge >= 0.3 is 5.97 Å². The minimum Gasteiger partial charge on any atom is -0.480 e. The van der Waals surface area contributed by atoms with Gasteiger partial charge in [0.15, 0.2) is 0 Å². The lowest BCUT2D eigenvalue weighted by atomic mass is 10.3. The maximum atomic E-state index is 11.8. The van der Waals surface area contributed by atoms with E-state index in [9.17, 15) is 13.2 Å². The van der Waals surface area contributed by atoms with Gasteiger partial charge in [0.25, 0.3) is 0 Å². The number of hydrogen-bond donors (Lipinski definition) is 2. The Morgan fingerprint density at radius 1 is 1.72 bits per heavy atom. The number of rotatable bonds is 6. The summed E-state index contributed by atoms with van der Waals surface area (Å²) in [7, 11) is -3.72. The Balaban J connectivity index is 2.83. The third kappa shape index (κ3) is 3.87. The topological polar surface area (TPSA) is 101 Å². The van der Waals surface area contributed by atoms with E-state index in [0.29, 0.717) is 0 Å². The first kappa shape index (κ1) is 14.2. The number of carbonyl (C=O) groups is 1. The number of hydrogen-bond acceptors (Lipinski definition) is 4. The molecule has 0 amide bonds. The molecule has 1 aromatic rings. The summed E-state index contributed by atoms with van der Waals surface area (Å²) < 4.78 is 27.1. The highest BCUT2D eigenvalue weighted by molar-refractivity contribution is 7.89. The summed E-state index contributed by atoms with van der Waals surface area (Å²) >= 11 is 0. The molecule has 1 heterocycles. The number of carboxylic acids is 1. The molecule has 18 heavy (non-hydrogen) atoms. The molecule has 0 fully saturated rings. The average molecular weight is 271 g/mol. The Hall–Kier alpha value is -1.85. The van der Waals surface area contributed by atoms with Crippen LogP contribution >= 0.6 is 0 Å². The molecule has 1 atom stereocenters. The standard InChI is InChI=1S/C10H13N3O4S/c1-3-4-8(2)12-18(16,17)9-5-11-13(6-9)7-10(14)15/h1,5-6,8,12H,4,7H2,2H3,(H,14,15). The van der Waals surface area contributed by atoms with Crippen molar-refractivity contribution in [2.45, 2.75) is 30.8 Å². The fourth-order valence-corrected chi connectivity index (χ4v) is 2.46. The van der Waals surface area contributed by atoms with Gasteiger partial charge < -0.3 is 5.11 Å². The second-order valence-electron chi connectivity index (χ2n) is 3.70. The molecular formula is C10H13N3O4S. The average Bonchev–Trinajstić information content (AvgIpc) is 2.65. The van der Waals surface area contributed by atoms with Crippen molar-refractivity contribution in [3.8, 4) is 12.3 Å². The first-order valence-corrected chi connectivity index (χ1v) is 6.53.